The Morgan fingerprint density at radius 3 is 1.17 bits per heavy atom. The average Bonchev–Trinajstić information content (AvgIpc) is 2.38. The number of hydrogen-bond donors (Lipinski definition) is 0. The standard InChI is InChI=1S/C18H40Cl2OSi2/c1-15(2)17(5,6)22(9,13-11-19)21-23(10,14-12-20)18(7,8)16(3)4/h15-16H,11-14H2,1-10H3. The number of halogens is 2. The molecule has 0 N–H and O–H groups in total. The molecular weight excluding hydrogens is 359 g/mol. The van der Waals surface area contributed by atoms with Crippen LogP contribution in [0.4, 0.5) is 0 Å². The Bertz CT molecular complexity index is 338. The third-order valence-corrected chi connectivity index (χ3v) is 20.8. The summed E-state index contributed by atoms with van der Waals surface area (Å²) in [4.78, 5) is 0. The fraction of sp³-hybridized carbons (Fsp3) is 1.00. The molecule has 0 rings (SSSR count). The summed E-state index contributed by atoms with van der Waals surface area (Å²) in [6.07, 6.45) is 0. The molecule has 0 heterocycles. The first-order valence-electron chi connectivity index (χ1n) is 9.04. The van der Waals surface area contributed by atoms with Crippen LogP contribution in [-0.2, 0) is 4.12 Å². The summed E-state index contributed by atoms with van der Waals surface area (Å²) in [5.74, 6) is 2.54. The molecule has 1 nitrogen and oxygen atoms in total. The third-order valence-electron chi connectivity index (χ3n) is 7.21. The first kappa shape index (κ1) is 24.0. The highest BCUT2D eigenvalue weighted by molar-refractivity contribution is 6.89. The maximum atomic E-state index is 7.27. The molecule has 140 valence electrons. The van der Waals surface area contributed by atoms with Crippen LogP contribution in [0.25, 0.3) is 0 Å². The van der Waals surface area contributed by atoms with Crippen molar-refractivity contribution in [1.82, 2.24) is 0 Å². The summed E-state index contributed by atoms with van der Waals surface area (Å²) >= 11 is 12.4. The fourth-order valence-corrected chi connectivity index (χ4v) is 16.6. The zero-order chi connectivity index (χ0) is 18.7. The number of hydrogen-bond acceptors (Lipinski definition) is 1. The molecule has 2 unspecified atom stereocenters. The van der Waals surface area contributed by atoms with Crippen LogP contribution >= 0.6 is 23.2 Å². The average molecular weight is 400 g/mol. The lowest BCUT2D eigenvalue weighted by Gasteiger charge is -2.54. The summed E-state index contributed by atoms with van der Waals surface area (Å²) in [6, 6.07) is 2.03. The van der Waals surface area contributed by atoms with Crippen LogP contribution in [-0.4, -0.2) is 28.4 Å². The van der Waals surface area contributed by atoms with Gasteiger partial charge in [0.25, 0.3) is 0 Å². The molecule has 0 bridgehead atoms. The minimum atomic E-state index is -2.00. The van der Waals surface area contributed by atoms with Crippen molar-refractivity contribution in [3.8, 4) is 0 Å². The molecule has 0 saturated heterocycles. The topological polar surface area (TPSA) is 9.23 Å². The lowest BCUT2D eigenvalue weighted by atomic mass is 9.99. The van der Waals surface area contributed by atoms with Gasteiger partial charge in [-0.1, -0.05) is 55.4 Å². The van der Waals surface area contributed by atoms with E-state index in [-0.39, 0.29) is 10.1 Å². The molecule has 2 atom stereocenters. The Morgan fingerprint density at radius 2 is 1.00 bits per heavy atom. The van der Waals surface area contributed by atoms with Gasteiger partial charge in [0, 0.05) is 11.8 Å². The van der Waals surface area contributed by atoms with Gasteiger partial charge in [0.15, 0.2) is 16.6 Å². The molecule has 0 spiro atoms. The van der Waals surface area contributed by atoms with E-state index in [0.29, 0.717) is 23.6 Å². The highest BCUT2D eigenvalue weighted by atomic mass is 35.5. The van der Waals surface area contributed by atoms with E-state index in [1.807, 2.05) is 0 Å². The maximum Gasteiger partial charge on any atom is 0.183 e. The van der Waals surface area contributed by atoms with Crippen molar-refractivity contribution in [1.29, 1.82) is 0 Å². The molecule has 5 heteroatoms. The first-order valence-corrected chi connectivity index (χ1v) is 15.3. The van der Waals surface area contributed by atoms with Crippen LogP contribution in [0.1, 0.15) is 55.4 Å². The second kappa shape index (κ2) is 8.57. The Labute approximate surface area is 158 Å². The lowest BCUT2D eigenvalue weighted by molar-refractivity contribution is 0.344. The minimum Gasteiger partial charge on any atom is -0.454 e. The van der Waals surface area contributed by atoms with E-state index in [2.05, 4.69) is 68.5 Å². The quantitative estimate of drug-likeness (QED) is 0.273. The summed E-state index contributed by atoms with van der Waals surface area (Å²) in [5.41, 5.74) is 0. The minimum absolute atomic E-state index is 0.190. The summed E-state index contributed by atoms with van der Waals surface area (Å²) in [5, 5.41) is 0.380. The molecule has 0 aliphatic carbocycles. The predicted octanol–water partition coefficient (Wildman–Crippen LogP) is 7.50. The lowest BCUT2D eigenvalue weighted by Crippen LogP contribution is -2.60. The Balaban J connectivity index is 5.93. The largest absolute Gasteiger partial charge is 0.454 e. The van der Waals surface area contributed by atoms with E-state index in [1.165, 1.54) is 0 Å². The summed E-state index contributed by atoms with van der Waals surface area (Å²) in [6.45, 7) is 23.6. The van der Waals surface area contributed by atoms with Gasteiger partial charge in [0.05, 0.1) is 0 Å². The van der Waals surface area contributed by atoms with Crippen LogP contribution in [0.15, 0.2) is 0 Å². The molecule has 0 aliphatic heterocycles. The van der Waals surface area contributed by atoms with Crippen LogP contribution in [0.5, 0.6) is 0 Å². The van der Waals surface area contributed by atoms with Crippen LogP contribution in [0, 0.1) is 11.8 Å². The van der Waals surface area contributed by atoms with Crippen molar-refractivity contribution in [3.63, 3.8) is 0 Å². The van der Waals surface area contributed by atoms with Gasteiger partial charge in [-0.2, -0.15) is 0 Å². The van der Waals surface area contributed by atoms with Gasteiger partial charge in [0.2, 0.25) is 0 Å². The number of rotatable bonds is 10. The van der Waals surface area contributed by atoms with Crippen LogP contribution in [0.2, 0.25) is 35.3 Å². The monoisotopic (exact) mass is 398 g/mol. The van der Waals surface area contributed by atoms with Crippen molar-refractivity contribution >= 4 is 39.8 Å². The van der Waals surface area contributed by atoms with Crippen molar-refractivity contribution in [3.05, 3.63) is 0 Å². The van der Waals surface area contributed by atoms with E-state index >= 15 is 0 Å². The van der Waals surface area contributed by atoms with Gasteiger partial charge >= 0.3 is 0 Å². The van der Waals surface area contributed by atoms with E-state index in [0.717, 1.165) is 12.1 Å². The maximum absolute atomic E-state index is 7.27. The molecule has 0 aliphatic rings. The van der Waals surface area contributed by atoms with Gasteiger partial charge < -0.3 is 4.12 Å². The zero-order valence-electron chi connectivity index (χ0n) is 17.1. The molecule has 0 amide bonds. The Hall–Kier alpha value is 0.974. The van der Waals surface area contributed by atoms with E-state index in [9.17, 15) is 0 Å². The third kappa shape index (κ3) is 5.00. The molecule has 0 fully saturated rings. The first-order chi connectivity index (χ1) is 10.2. The van der Waals surface area contributed by atoms with E-state index < -0.39 is 16.6 Å². The molecular formula is C18H40Cl2OSi2. The van der Waals surface area contributed by atoms with Gasteiger partial charge in [-0.05, 0) is 47.1 Å². The van der Waals surface area contributed by atoms with Crippen molar-refractivity contribution in [2.45, 2.75) is 90.6 Å². The SMILES string of the molecule is CC(C)C(C)(C)[Si](C)(CCCl)O[Si](C)(CCCl)C(C)(C)C(C)C. The highest BCUT2D eigenvalue weighted by Gasteiger charge is 2.55. The summed E-state index contributed by atoms with van der Waals surface area (Å²) < 4.78 is 7.27. The van der Waals surface area contributed by atoms with Crippen LogP contribution < -0.4 is 0 Å². The van der Waals surface area contributed by atoms with E-state index in [4.69, 9.17) is 27.3 Å². The van der Waals surface area contributed by atoms with Gasteiger partial charge in [-0.15, -0.1) is 23.2 Å². The fourth-order valence-electron chi connectivity index (χ4n) is 3.09. The van der Waals surface area contributed by atoms with E-state index in [1.54, 1.807) is 0 Å². The number of alkyl halides is 2. The van der Waals surface area contributed by atoms with Crippen LogP contribution in [0.3, 0.4) is 0 Å². The van der Waals surface area contributed by atoms with Crippen molar-refractivity contribution in [2.24, 2.45) is 11.8 Å². The zero-order valence-corrected chi connectivity index (χ0v) is 20.7. The normalized spacial score (nSPS) is 19.0. The van der Waals surface area contributed by atoms with Crippen molar-refractivity contribution < 1.29 is 4.12 Å². The summed E-state index contributed by atoms with van der Waals surface area (Å²) in [7, 11) is -3.99. The molecule has 0 aromatic heterocycles. The van der Waals surface area contributed by atoms with Gasteiger partial charge in [-0.25, -0.2) is 0 Å². The Kier molecular flexibility index (Phi) is 8.93. The molecule has 23 heavy (non-hydrogen) atoms. The Morgan fingerprint density at radius 1 is 0.739 bits per heavy atom. The smallest absolute Gasteiger partial charge is 0.183 e. The molecule has 0 saturated carbocycles. The molecule has 0 aromatic carbocycles. The van der Waals surface area contributed by atoms with Gasteiger partial charge in [0.1, 0.15) is 0 Å². The van der Waals surface area contributed by atoms with Gasteiger partial charge in [-0.3, -0.25) is 0 Å². The second-order valence-electron chi connectivity index (χ2n) is 9.19. The molecule has 0 aromatic rings. The second-order valence-corrected chi connectivity index (χ2v) is 19.3. The van der Waals surface area contributed by atoms with Crippen molar-refractivity contribution in [2.75, 3.05) is 11.8 Å². The molecule has 0 radical (unpaired) electrons. The highest BCUT2D eigenvalue weighted by Crippen LogP contribution is 2.53. The predicted molar refractivity (Wildman–Crippen MR) is 113 cm³/mol.